The fraction of sp³-hybridized carbons (Fsp3) is 0.692. The van der Waals surface area contributed by atoms with Gasteiger partial charge in [0, 0.05) is 31.2 Å². The Morgan fingerprint density at radius 3 is 2.83 bits per heavy atom. The van der Waals surface area contributed by atoms with E-state index in [0.717, 1.165) is 10.9 Å². The lowest BCUT2D eigenvalue weighted by atomic mass is 9.97. The van der Waals surface area contributed by atoms with E-state index in [0.29, 0.717) is 12.0 Å². The van der Waals surface area contributed by atoms with Gasteiger partial charge in [-0.3, -0.25) is 5.32 Å². The maximum atomic E-state index is 9.61. The predicted octanol–water partition coefficient (Wildman–Crippen LogP) is 1.94. The van der Waals surface area contributed by atoms with Crippen molar-refractivity contribution in [1.29, 1.82) is 5.26 Å². The van der Waals surface area contributed by atoms with E-state index in [-0.39, 0.29) is 5.54 Å². The van der Waals surface area contributed by atoms with Crippen LogP contribution >= 0.6 is 11.8 Å². The van der Waals surface area contributed by atoms with Crippen molar-refractivity contribution >= 4 is 11.8 Å². The average molecular weight is 262 g/mol. The molecule has 0 radical (unpaired) electrons. The standard InChI is InChI=1S/C13H18N4S/c1-17-7-6-15-12(17)18-9-13(8-14,10-2-3-10)16-11-4-5-11/h6-7,10-11,16H,2-5,9H2,1H3. The molecule has 1 aromatic rings. The average Bonchev–Trinajstić information content (AvgIpc) is 3.26. The van der Waals surface area contributed by atoms with Gasteiger partial charge in [0.05, 0.1) is 6.07 Å². The fourth-order valence-electron chi connectivity index (χ4n) is 2.27. The zero-order chi connectivity index (χ0) is 12.6. The van der Waals surface area contributed by atoms with Crippen LogP contribution in [0.3, 0.4) is 0 Å². The molecule has 0 saturated heterocycles. The van der Waals surface area contributed by atoms with Crippen LogP contribution in [-0.4, -0.2) is 26.9 Å². The largest absolute Gasteiger partial charge is 0.329 e. The van der Waals surface area contributed by atoms with Gasteiger partial charge in [-0.15, -0.1) is 0 Å². The third-order valence-corrected chi connectivity index (χ3v) is 4.97. The third kappa shape index (κ3) is 2.40. The van der Waals surface area contributed by atoms with Gasteiger partial charge in [0.1, 0.15) is 5.54 Å². The summed E-state index contributed by atoms with van der Waals surface area (Å²) in [6, 6.07) is 3.14. The van der Waals surface area contributed by atoms with Crippen molar-refractivity contribution in [2.45, 2.75) is 42.4 Å². The number of aryl methyl sites for hydroxylation is 1. The summed E-state index contributed by atoms with van der Waals surface area (Å²) in [6.45, 7) is 0. The molecule has 3 rings (SSSR count). The molecule has 2 fully saturated rings. The highest BCUT2D eigenvalue weighted by molar-refractivity contribution is 7.99. The number of nitrogens with zero attached hydrogens (tertiary/aromatic N) is 3. The molecule has 1 aromatic heterocycles. The molecule has 0 amide bonds. The quantitative estimate of drug-likeness (QED) is 0.796. The highest BCUT2D eigenvalue weighted by atomic mass is 32.2. The van der Waals surface area contributed by atoms with Crippen LogP contribution in [0.25, 0.3) is 0 Å². The molecule has 2 aliphatic carbocycles. The summed E-state index contributed by atoms with van der Waals surface area (Å²) in [4.78, 5) is 4.32. The minimum atomic E-state index is -0.336. The van der Waals surface area contributed by atoms with Crippen LogP contribution in [-0.2, 0) is 7.05 Å². The highest BCUT2D eigenvalue weighted by Gasteiger charge is 2.48. The van der Waals surface area contributed by atoms with E-state index in [1.165, 1.54) is 25.7 Å². The van der Waals surface area contributed by atoms with Crippen molar-refractivity contribution in [3.63, 3.8) is 0 Å². The van der Waals surface area contributed by atoms with E-state index in [4.69, 9.17) is 0 Å². The lowest BCUT2D eigenvalue weighted by molar-refractivity contribution is 0.401. The van der Waals surface area contributed by atoms with E-state index in [9.17, 15) is 5.26 Å². The van der Waals surface area contributed by atoms with Gasteiger partial charge < -0.3 is 4.57 Å². The monoisotopic (exact) mass is 262 g/mol. The first kappa shape index (κ1) is 12.1. The van der Waals surface area contributed by atoms with Gasteiger partial charge in [-0.05, 0) is 31.6 Å². The molecule has 2 saturated carbocycles. The minimum Gasteiger partial charge on any atom is -0.329 e. The maximum Gasteiger partial charge on any atom is 0.167 e. The Bertz CT molecular complexity index is 470. The molecule has 5 heteroatoms. The third-order valence-electron chi connectivity index (χ3n) is 3.72. The summed E-state index contributed by atoms with van der Waals surface area (Å²) in [5.74, 6) is 1.34. The second-order valence-electron chi connectivity index (χ2n) is 5.39. The Labute approximate surface area is 112 Å². The Balaban J connectivity index is 1.69. The zero-order valence-corrected chi connectivity index (χ0v) is 11.4. The van der Waals surface area contributed by atoms with Crippen LogP contribution in [0.4, 0.5) is 0 Å². The number of aromatic nitrogens is 2. The normalized spacial score (nSPS) is 22.4. The van der Waals surface area contributed by atoms with Crippen LogP contribution in [0.5, 0.6) is 0 Å². The predicted molar refractivity (Wildman–Crippen MR) is 71.2 cm³/mol. The van der Waals surface area contributed by atoms with Gasteiger partial charge >= 0.3 is 0 Å². The second kappa shape index (κ2) is 4.60. The van der Waals surface area contributed by atoms with Gasteiger partial charge in [-0.2, -0.15) is 5.26 Å². The number of imidazole rings is 1. The molecule has 0 aromatic carbocycles. The summed E-state index contributed by atoms with van der Waals surface area (Å²) in [5, 5.41) is 14.2. The van der Waals surface area contributed by atoms with E-state index >= 15 is 0 Å². The molecule has 1 unspecified atom stereocenters. The fourth-order valence-corrected chi connectivity index (χ4v) is 3.41. The van der Waals surface area contributed by atoms with E-state index in [1.54, 1.807) is 11.8 Å². The Morgan fingerprint density at radius 2 is 2.33 bits per heavy atom. The van der Waals surface area contributed by atoms with Crippen molar-refractivity contribution in [2.24, 2.45) is 13.0 Å². The number of thioether (sulfide) groups is 1. The molecular formula is C13H18N4S. The lowest BCUT2D eigenvalue weighted by Gasteiger charge is -2.27. The molecular weight excluding hydrogens is 244 g/mol. The zero-order valence-electron chi connectivity index (χ0n) is 10.6. The lowest BCUT2D eigenvalue weighted by Crippen LogP contribution is -2.49. The Kier molecular flexibility index (Phi) is 3.08. The smallest absolute Gasteiger partial charge is 0.167 e. The van der Waals surface area contributed by atoms with Crippen molar-refractivity contribution in [3.05, 3.63) is 12.4 Å². The van der Waals surface area contributed by atoms with Crippen LogP contribution in [0, 0.1) is 17.2 Å². The maximum absolute atomic E-state index is 9.61. The molecule has 1 atom stereocenters. The molecule has 96 valence electrons. The van der Waals surface area contributed by atoms with Gasteiger partial charge in [-0.25, -0.2) is 4.98 Å². The summed E-state index contributed by atoms with van der Waals surface area (Å²) < 4.78 is 2.01. The molecule has 1 heterocycles. The van der Waals surface area contributed by atoms with Crippen LogP contribution < -0.4 is 5.32 Å². The first-order valence-electron chi connectivity index (χ1n) is 6.52. The van der Waals surface area contributed by atoms with Crippen molar-refractivity contribution in [2.75, 3.05) is 5.75 Å². The van der Waals surface area contributed by atoms with Crippen LogP contribution in [0.15, 0.2) is 17.6 Å². The van der Waals surface area contributed by atoms with Crippen LogP contribution in [0.2, 0.25) is 0 Å². The Morgan fingerprint density at radius 1 is 1.56 bits per heavy atom. The van der Waals surface area contributed by atoms with Crippen molar-refractivity contribution in [3.8, 4) is 6.07 Å². The number of hydrogen-bond acceptors (Lipinski definition) is 4. The van der Waals surface area contributed by atoms with Crippen LogP contribution in [0.1, 0.15) is 25.7 Å². The van der Waals surface area contributed by atoms with Gasteiger partial charge in [0.25, 0.3) is 0 Å². The van der Waals surface area contributed by atoms with E-state index in [2.05, 4.69) is 16.4 Å². The summed E-state index contributed by atoms with van der Waals surface area (Å²) >= 11 is 1.69. The molecule has 18 heavy (non-hydrogen) atoms. The number of rotatable bonds is 6. The topological polar surface area (TPSA) is 53.6 Å². The SMILES string of the molecule is Cn1ccnc1SCC(C#N)(NC1CC1)C1CC1. The molecule has 1 N–H and O–H groups in total. The number of hydrogen-bond donors (Lipinski definition) is 1. The Hall–Kier alpha value is -0.990. The second-order valence-corrected chi connectivity index (χ2v) is 6.33. The molecule has 0 spiro atoms. The number of nitrogens with one attached hydrogen (secondary N) is 1. The first-order chi connectivity index (χ1) is 8.73. The highest BCUT2D eigenvalue weighted by Crippen LogP contribution is 2.43. The summed E-state index contributed by atoms with van der Waals surface area (Å²) in [5.41, 5.74) is -0.336. The summed E-state index contributed by atoms with van der Waals surface area (Å²) in [7, 11) is 1.99. The minimum absolute atomic E-state index is 0.336. The van der Waals surface area contributed by atoms with Gasteiger partial charge in [0.2, 0.25) is 0 Å². The molecule has 4 nitrogen and oxygen atoms in total. The van der Waals surface area contributed by atoms with E-state index in [1.807, 2.05) is 24.0 Å². The van der Waals surface area contributed by atoms with Crippen molar-refractivity contribution < 1.29 is 0 Å². The van der Waals surface area contributed by atoms with Gasteiger partial charge in [-0.1, -0.05) is 11.8 Å². The first-order valence-corrected chi connectivity index (χ1v) is 7.51. The summed E-state index contributed by atoms with van der Waals surface area (Å²) in [6.07, 6.45) is 8.58. The molecule has 0 aliphatic heterocycles. The molecule has 2 aliphatic rings. The number of nitriles is 1. The van der Waals surface area contributed by atoms with E-state index < -0.39 is 0 Å². The van der Waals surface area contributed by atoms with Gasteiger partial charge in [0.15, 0.2) is 5.16 Å². The van der Waals surface area contributed by atoms with Crippen molar-refractivity contribution in [1.82, 2.24) is 14.9 Å². The molecule has 0 bridgehead atoms.